The first-order chi connectivity index (χ1) is 13.6. The van der Waals surface area contributed by atoms with Gasteiger partial charge in [-0.05, 0) is 42.0 Å². The molecule has 28 heavy (non-hydrogen) atoms. The molecule has 0 aromatic heterocycles. The van der Waals surface area contributed by atoms with E-state index in [1.807, 2.05) is 18.2 Å². The molecule has 0 spiro atoms. The molecule has 6 nitrogen and oxygen atoms in total. The molecule has 1 saturated heterocycles. The van der Waals surface area contributed by atoms with Gasteiger partial charge < -0.3 is 19.1 Å². The number of hydrogen-bond acceptors (Lipinski definition) is 5. The fourth-order valence-electron chi connectivity index (χ4n) is 3.37. The zero-order valence-corrected chi connectivity index (χ0v) is 15.1. The molecule has 8 heteroatoms. The third-order valence-electron chi connectivity index (χ3n) is 4.83. The van der Waals surface area contributed by atoms with Crippen LogP contribution in [0.2, 0.25) is 0 Å². The third kappa shape index (κ3) is 4.17. The predicted octanol–water partition coefficient (Wildman–Crippen LogP) is 2.97. The Balaban J connectivity index is 1.30. The molecule has 2 aromatic rings. The molecule has 4 rings (SSSR count). The Morgan fingerprint density at radius 2 is 1.71 bits per heavy atom. The molecule has 2 heterocycles. The van der Waals surface area contributed by atoms with E-state index in [2.05, 4.69) is 9.64 Å². The Morgan fingerprint density at radius 3 is 2.43 bits per heavy atom. The second-order valence-electron chi connectivity index (χ2n) is 6.66. The van der Waals surface area contributed by atoms with Crippen LogP contribution >= 0.6 is 0 Å². The minimum atomic E-state index is -2.88. The van der Waals surface area contributed by atoms with E-state index in [0.717, 1.165) is 36.7 Å². The average Bonchev–Trinajstić information content (AvgIpc) is 3.16. The molecular weight excluding hydrogens is 370 g/mol. The van der Waals surface area contributed by atoms with Gasteiger partial charge in [-0.2, -0.15) is 8.78 Å². The zero-order chi connectivity index (χ0) is 19.5. The summed E-state index contributed by atoms with van der Waals surface area (Å²) in [7, 11) is 0. The summed E-state index contributed by atoms with van der Waals surface area (Å²) < 4.78 is 39.5. The maximum absolute atomic E-state index is 12.6. The van der Waals surface area contributed by atoms with Gasteiger partial charge in [0.2, 0.25) is 6.79 Å². The number of alkyl halides is 2. The van der Waals surface area contributed by atoms with E-state index in [1.165, 1.54) is 24.3 Å². The van der Waals surface area contributed by atoms with Gasteiger partial charge in [-0.25, -0.2) is 0 Å². The summed E-state index contributed by atoms with van der Waals surface area (Å²) >= 11 is 0. The molecular formula is C20H20F2N2O4. The van der Waals surface area contributed by atoms with Crippen molar-refractivity contribution in [3.63, 3.8) is 0 Å². The number of carbonyl (C=O) groups excluding carboxylic acids is 1. The lowest BCUT2D eigenvalue weighted by Crippen LogP contribution is -2.48. The maximum Gasteiger partial charge on any atom is 0.387 e. The highest BCUT2D eigenvalue weighted by atomic mass is 19.3. The minimum Gasteiger partial charge on any atom is -0.454 e. The van der Waals surface area contributed by atoms with Crippen LogP contribution < -0.4 is 14.2 Å². The van der Waals surface area contributed by atoms with Gasteiger partial charge in [0.05, 0.1) is 0 Å². The Morgan fingerprint density at radius 1 is 1.00 bits per heavy atom. The summed E-state index contributed by atoms with van der Waals surface area (Å²) in [6.45, 7) is 0.892. The van der Waals surface area contributed by atoms with Gasteiger partial charge >= 0.3 is 6.61 Å². The van der Waals surface area contributed by atoms with E-state index in [-0.39, 0.29) is 18.4 Å². The molecule has 1 amide bonds. The van der Waals surface area contributed by atoms with E-state index in [4.69, 9.17) is 9.47 Å². The summed E-state index contributed by atoms with van der Waals surface area (Å²) in [5.41, 5.74) is 1.60. The topological polar surface area (TPSA) is 51.2 Å². The molecule has 2 aliphatic rings. The monoisotopic (exact) mass is 390 g/mol. The lowest BCUT2D eigenvalue weighted by atomic mass is 10.1. The van der Waals surface area contributed by atoms with Gasteiger partial charge in [0.25, 0.3) is 5.91 Å². The molecule has 0 bridgehead atoms. The fraction of sp³-hybridized carbons (Fsp3) is 0.350. The van der Waals surface area contributed by atoms with Crippen molar-refractivity contribution >= 4 is 5.91 Å². The summed E-state index contributed by atoms with van der Waals surface area (Å²) in [5, 5.41) is 0. The van der Waals surface area contributed by atoms with Crippen molar-refractivity contribution in [1.82, 2.24) is 9.80 Å². The van der Waals surface area contributed by atoms with Crippen LogP contribution in [0.15, 0.2) is 42.5 Å². The smallest absolute Gasteiger partial charge is 0.387 e. The van der Waals surface area contributed by atoms with Crippen LogP contribution in [0.1, 0.15) is 15.9 Å². The van der Waals surface area contributed by atoms with Crippen molar-refractivity contribution in [3.8, 4) is 17.2 Å². The van der Waals surface area contributed by atoms with E-state index in [0.29, 0.717) is 18.7 Å². The fourth-order valence-corrected chi connectivity index (χ4v) is 3.37. The van der Waals surface area contributed by atoms with Crippen LogP contribution in [0.25, 0.3) is 0 Å². The molecule has 0 aliphatic carbocycles. The highest BCUT2D eigenvalue weighted by molar-refractivity contribution is 5.94. The highest BCUT2D eigenvalue weighted by Gasteiger charge is 2.23. The average molecular weight is 390 g/mol. The van der Waals surface area contributed by atoms with Crippen LogP contribution in [-0.2, 0) is 6.54 Å². The van der Waals surface area contributed by atoms with Gasteiger partial charge in [0, 0.05) is 38.3 Å². The number of halogens is 2. The van der Waals surface area contributed by atoms with E-state index in [1.54, 1.807) is 4.90 Å². The van der Waals surface area contributed by atoms with Crippen molar-refractivity contribution < 1.29 is 27.8 Å². The Bertz CT molecular complexity index is 837. The molecule has 1 fully saturated rings. The van der Waals surface area contributed by atoms with Crippen LogP contribution in [0.5, 0.6) is 17.2 Å². The lowest BCUT2D eigenvalue weighted by molar-refractivity contribution is -0.0498. The summed E-state index contributed by atoms with van der Waals surface area (Å²) in [6.07, 6.45) is 0. The van der Waals surface area contributed by atoms with E-state index >= 15 is 0 Å². The minimum absolute atomic E-state index is 0.0418. The predicted molar refractivity (Wildman–Crippen MR) is 96.8 cm³/mol. The first-order valence-electron chi connectivity index (χ1n) is 9.03. The Kier molecular flexibility index (Phi) is 5.29. The van der Waals surface area contributed by atoms with Crippen LogP contribution in [-0.4, -0.2) is 55.3 Å². The largest absolute Gasteiger partial charge is 0.454 e. The molecule has 0 saturated carbocycles. The molecule has 2 aliphatic heterocycles. The molecule has 148 valence electrons. The number of nitrogens with zero attached hydrogens (tertiary/aromatic N) is 2. The quantitative estimate of drug-likeness (QED) is 0.786. The molecule has 2 aromatic carbocycles. The van der Waals surface area contributed by atoms with Gasteiger partial charge in [0.15, 0.2) is 11.5 Å². The van der Waals surface area contributed by atoms with Crippen LogP contribution in [0.3, 0.4) is 0 Å². The number of piperazine rings is 1. The van der Waals surface area contributed by atoms with Crippen molar-refractivity contribution in [1.29, 1.82) is 0 Å². The summed E-state index contributed by atoms with van der Waals surface area (Å²) in [5.74, 6) is 1.47. The van der Waals surface area contributed by atoms with Crippen molar-refractivity contribution in [3.05, 3.63) is 53.6 Å². The number of fused-ring (bicyclic) bond motifs is 1. The van der Waals surface area contributed by atoms with E-state index in [9.17, 15) is 13.6 Å². The number of carbonyl (C=O) groups is 1. The standard InChI is InChI=1S/C20H20F2N2O4/c21-20(22)28-16-4-2-15(3-5-16)19(25)24-9-7-23(8-10-24)12-14-1-6-17-18(11-14)27-13-26-17/h1-6,11,20H,7-10,12-13H2. The van der Waals surface area contributed by atoms with Gasteiger partial charge in [0.1, 0.15) is 5.75 Å². The van der Waals surface area contributed by atoms with Gasteiger partial charge in [-0.15, -0.1) is 0 Å². The second kappa shape index (κ2) is 8.02. The number of ether oxygens (including phenoxy) is 3. The number of rotatable bonds is 5. The summed E-state index contributed by atoms with van der Waals surface area (Å²) in [6, 6.07) is 11.7. The molecule has 0 N–H and O–H groups in total. The van der Waals surface area contributed by atoms with Gasteiger partial charge in [-0.3, -0.25) is 9.69 Å². The first kappa shape index (κ1) is 18.5. The first-order valence-corrected chi connectivity index (χ1v) is 9.03. The van der Waals surface area contributed by atoms with Crippen LogP contribution in [0.4, 0.5) is 8.78 Å². The van der Waals surface area contributed by atoms with Crippen molar-refractivity contribution in [2.75, 3.05) is 33.0 Å². The molecule has 0 atom stereocenters. The molecule has 0 radical (unpaired) electrons. The Labute approximate surface area is 161 Å². The zero-order valence-electron chi connectivity index (χ0n) is 15.1. The van der Waals surface area contributed by atoms with Crippen molar-refractivity contribution in [2.24, 2.45) is 0 Å². The number of amides is 1. The number of benzene rings is 2. The summed E-state index contributed by atoms with van der Waals surface area (Å²) in [4.78, 5) is 16.7. The SMILES string of the molecule is O=C(c1ccc(OC(F)F)cc1)N1CCN(Cc2ccc3c(c2)OCO3)CC1. The van der Waals surface area contributed by atoms with Crippen LogP contribution in [0, 0.1) is 0 Å². The van der Waals surface area contributed by atoms with E-state index < -0.39 is 6.61 Å². The maximum atomic E-state index is 12.6. The van der Waals surface area contributed by atoms with Gasteiger partial charge in [-0.1, -0.05) is 6.07 Å². The lowest BCUT2D eigenvalue weighted by Gasteiger charge is -2.34. The number of hydrogen-bond donors (Lipinski definition) is 0. The van der Waals surface area contributed by atoms with Crippen molar-refractivity contribution in [2.45, 2.75) is 13.2 Å². The highest BCUT2D eigenvalue weighted by Crippen LogP contribution is 2.32. The third-order valence-corrected chi connectivity index (χ3v) is 4.83. The normalized spacial score (nSPS) is 16.5. The second-order valence-corrected chi connectivity index (χ2v) is 6.66. The molecule has 0 unspecified atom stereocenters. The Hall–Kier alpha value is -2.87.